The summed E-state index contributed by atoms with van der Waals surface area (Å²) in [5.41, 5.74) is 11.5. The van der Waals surface area contributed by atoms with Crippen molar-refractivity contribution in [1.29, 1.82) is 0 Å². The molecule has 0 atom stereocenters. The second kappa shape index (κ2) is 22.0. The molecule has 0 unspecified atom stereocenters. The van der Waals surface area contributed by atoms with Crippen molar-refractivity contribution in [2.24, 2.45) is 0 Å². The van der Waals surface area contributed by atoms with E-state index in [1.165, 1.54) is 99.8 Å². The van der Waals surface area contributed by atoms with Gasteiger partial charge in [-0.15, -0.1) is 93.9 Å². The Morgan fingerprint density at radius 3 is 1.05 bits per heavy atom. The van der Waals surface area contributed by atoms with Gasteiger partial charge in [0.15, 0.2) is 0 Å². The molecule has 0 aromatic heterocycles. The van der Waals surface area contributed by atoms with Crippen LogP contribution in [0.5, 0.6) is 0 Å². The summed E-state index contributed by atoms with van der Waals surface area (Å²) in [6.45, 7) is 41.4. The Morgan fingerprint density at radius 1 is 0.554 bits per heavy atom. The third-order valence-electron chi connectivity index (χ3n) is 10.1. The minimum atomic E-state index is -1.24. The van der Waals surface area contributed by atoms with Crippen LogP contribution in [0.15, 0.2) is 97.1 Å². The topological polar surface area (TPSA) is 0 Å². The van der Waals surface area contributed by atoms with Crippen LogP contribution in [0.3, 0.4) is 0 Å². The summed E-state index contributed by atoms with van der Waals surface area (Å²) >= 11 is 1.36. The third-order valence-corrected chi connectivity index (χ3v) is 14.2. The standard InChI is InChI=1S/2C23H29Si.C3H7.CH3.2ClH.Si.Zr/c2*1-16-21(23(2,3)4)15-18-9-8-10-20(22(16)18)17-11-13-19(14-12-17)24(5,6)7;1-3-2;;;;;/h2*8-15H,1-7H3;1,3H2,2H3;1H3;2*1H;;/q4*-1;;;;. The van der Waals surface area contributed by atoms with Crippen LogP contribution in [-0.4, -0.2) is 23.0 Å². The predicted octanol–water partition coefficient (Wildman–Crippen LogP) is 14.9. The van der Waals surface area contributed by atoms with E-state index in [9.17, 15) is 0 Å². The van der Waals surface area contributed by atoms with Crippen molar-refractivity contribution in [3.63, 3.8) is 0 Å². The van der Waals surface area contributed by atoms with E-state index in [1.54, 1.807) is 0 Å². The number of benzene rings is 4. The monoisotopic (exact) mass is 914 g/mol. The average molecular weight is 917 g/mol. The van der Waals surface area contributed by atoms with Gasteiger partial charge in [0.05, 0.1) is 16.1 Å². The van der Waals surface area contributed by atoms with Gasteiger partial charge in [0.2, 0.25) is 0 Å². The molecule has 0 fully saturated rings. The molecule has 0 aliphatic heterocycles. The first kappa shape index (κ1) is 54.2. The molecule has 2 radical (unpaired) electrons. The zero-order chi connectivity index (χ0) is 40.1. The van der Waals surface area contributed by atoms with Crippen molar-refractivity contribution >= 4 is 79.8 Å². The van der Waals surface area contributed by atoms with Gasteiger partial charge in [0.1, 0.15) is 0 Å². The summed E-state index contributed by atoms with van der Waals surface area (Å²) in [4.78, 5) is 0. The molecule has 0 nitrogen and oxygen atoms in total. The zero-order valence-corrected chi connectivity index (χ0v) is 44.6. The molecule has 304 valence electrons. The molecule has 6 rings (SSSR count). The molecule has 0 saturated heterocycles. The van der Waals surface area contributed by atoms with Gasteiger partial charge in [-0.2, -0.15) is 17.5 Å². The van der Waals surface area contributed by atoms with Crippen LogP contribution in [0, 0.1) is 28.2 Å². The van der Waals surface area contributed by atoms with E-state index in [4.69, 9.17) is 0 Å². The number of hydrogen-bond donors (Lipinski definition) is 0. The van der Waals surface area contributed by atoms with Gasteiger partial charge in [-0.1, -0.05) is 184 Å². The molecule has 6 heteroatoms. The Kier molecular flexibility index (Phi) is 21.3. The Bertz CT molecular complexity index is 1940. The fourth-order valence-electron chi connectivity index (χ4n) is 7.35. The quantitative estimate of drug-likeness (QED) is 0.122. The molecule has 0 N–H and O–H groups in total. The third kappa shape index (κ3) is 13.1. The van der Waals surface area contributed by atoms with Gasteiger partial charge in [-0.3, -0.25) is 0 Å². The van der Waals surface area contributed by atoms with Crippen LogP contribution >= 0.6 is 24.8 Å². The molecule has 0 heterocycles. The minimum absolute atomic E-state index is 0. The Hall–Kier alpha value is -1.79. The average Bonchev–Trinajstić information content (AvgIpc) is 3.63. The molecule has 0 spiro atoms. The van der Waals surface area contributed by atoms with E-state index >= 15 is 0 Å². The van der Waals surface area contributed by atoms with Crippen LogP contribution < -0.4 is 10.4 Å². The van der Waals surface area contributed by atoms with Gasteiger partial charge >= 0.3 is 30.2 Å². The van der Waals surface area contributed by atoms with E-state index < -0.39 is 16.1 Å². The second-order valence-corrected chi connectivity index (χ2v) is 28.7. The molecule has 6 aromatic carbocycles. The number of hydrogen-bond acceptors (Lipinski definition) is 0. The molecule has 0 aliphatic rings. The number of fused-ring (bicyclic) bond motifs is 2. The number of rotatable bonds is 4. The van der Waals surface area contributed by atoms with Crippen molar-refractivity contribution in [2.75, 3.05) is 0 Å². The van der Waals surface area contributed by atoms with E-state index in [0.717, 1.165) is 6.42 Å². The van der Waals surface area contributed by atoms with E-state index in [-0.39, 0.29) is 43.1 Å². The fraction of sp³-hybridized carbons (Fsp3) is 0.360. The van der Waals surface area contributed by atoms with Crippen molar-refractivity contribution in [1.82, 2.24) is 0 Å². The first-order chi connectivity index (χ1) is 24.6. The Balaban J connectivity index is 0.000000925. The molecule has 6 aromatic rings. The summed E-state index contributed by atoms with van der Waals surface area (Å²) in [6, 6.07) is 36.8. The SMILES string of the molecule is Cc1c(C(C)(C)C)[cH-]c2cccc(-c3ccc([Si](C)(C)C)cc3)c12.Cc1c(C(C)(C)C)[cH-]c2cccc(-c3ccc([Si](C)(C)C)cc3)c12.Cl.Cl.[CH2-]CC.[CH3-].[Si]=[Zr]. The Labute approximate surface area is 374 Å². The molecule has 0 bridgehead atoms. The van der Waals surface area contributed by atoms with E-state index in [0.29, 0.717) is 0 Å². The molecular formula is C50H70Cl2Si3Zr-4. The number of aryl methyl sites for hydroxylation is 2. The van der Waals surface area contributed by atoms with Crippen molar-refractivity contribution < 1.29 is 23.3 Å². The van der Waals surface area contributed by atoms with Crippen molar-refractivity contribution in [3.8, 4) is 22.3 Å². The first-order valence-electron chi connectivity index (χ1n) is 19.2. The van der Waals surface area contributed by atoms with Crippen LogP contribution in [0.1, 0.15) is 77.1 Å². The van der Waals surface area contributed by atoms with Crippen LogP contribution in [-0.2, 0) is 34.2 Å². The van der Waals surface area contributed by atoms with Crippen LogP contribution in [0.25, 0.3) is 43.8 Å². The van der Waals surface area contributed by atoms with E-state index in [2.05, 4.69) is 206 Å². The van der Waals surface area contributed by atoms with Gasteiger partial charge in [0.25, 0.3) is 0 Å². The zero-order valence-electron chi connectivity index (χ0n) is 37.5. The molecule has 0 aliphatic carbocycles. The van der Waals surface area contributed by atoms with E-state index in [1.807, 2.05) is 6.92 Å². The van der Waals surface area contributed by atoms with Crippen LogP contribution in [0.4, 0.5) is 0 Å². The molecule has 56 heavy (non-hydrogen) atoms. The summed E-state index contributed by atoms with van der Waals surface area (Å²) in [5, 5.41) is 8.61. The van der Waals surface area contributed by atoms with Crippen molar-refractivity contribution in [2.45, 2.75) is 119 Å². The maximum atomic E-state index is 3.49. The number of halogens is 2. The second-order valence-electron chi connectivity index (χ2n) is 18.6. The summed E-state index contributed by atoms with van der Waals surface area (Å²) < 4.78 is 0. The summed E-state index contributed by atoms with van der Waals surface area (Å²) in [5.74, 6) is 0. The summed E-state index contributed by atoms with van der Waals surface area (Å²) in [7, 11) is -2.49. The Morgan fingerprint density at radius 2 is 0.821 bits per heavy atom. The van der Waals surface area contributed by atoms with Crippen molar-refractivity contribution in [3.05, 3.63) is 134 Å². The fourth-order valence-corrected chi connectivity index (χ4v) is 9.69. The summed E-state index contributed by atoms with van der Waals surface area (Å²) in [6.07, 6.45) is 1.00. The van der Waals surface area contributed by atoms with Crippen LogP contribution in [0.2, 0.25) is 39.3 Å². The first-order valence-corrected chi connectivity index (χ1v) is 30.4. The maximum absolute atomic E-state index is 3.49. The molecule has 0 amide bonds. The normalized spacial score (nSPS) is 11.3. The molecule has 0 saturated carbocycles. The molecular weight excluding hydrogens is 847 g/mol. The van der Waals surface area contributed by atoms with Gasteiger partial charge in [0, 0.05) is 0 Å². The van der Waals surface area contributed by atoms with Gasteiger partial charge in [-0.25, -0.2) is 0 Å². The van der Waals surface area contributed by atoms with Gasteiger partial charge in [-0.05, 0) is 22.0 Å². The predicted molar refractivity (Wildman–Crippen MR) is 265 cm³/mol. The van der Waals surface area contributed by atoms with Gasteiger partial charge < -0.3 is 14.4 Å².